The molecular formula is C15H21ClN2O. The van der Waals surface area contributed by atoms with Gasteiger partial charge in [0.05, 0.1) is 0 Å². The molecule has 0 saturated carbocycles. The highest BCUT2D eigenvalue weighted by atomic mass is 35.5. The summed E-state index contributed by atoms with van der Waals surface area (Å²) in [5, 5.41) is 6.53. The van der Waals surface area contributed by atoms with E-state index in [1.165, 1.54) is 11.1 Å². The Balaban J connectivity index is 0.00000133. The fraction of sp³-hybridized carbons (Fsp3) is 0.533. The molecule has 0 aromatic heterocycles. The molecule has 3 nitrogen and oxygen atoms in total. The van der Waals surface area contributed by atoms with E-state index in [0.717, 1.165) is 38.8 Å². The number of carbonyl (C=O) groups excluding carboxylic acids is 1. The largest absolute Gasteiger partial charge is 0.352 e. The van der Waals surface area contributed by atoms with E-state index >= 15 is 0 Å². The lowest BCUT2D eigenvalue weighted by Gasteiger charge is -2.23. The van der Waals surface area contributed by atoms with Gasteiger partial charge in [-0.1, -0.05) is 24.3 Å². The molecule has 0 atom stereocenters. The molecule has 1 aromatic rings. The van der Waals surface area contributed by atoms with Gasteiger partial charge < -0.3 is 10.6 Å². The van der Waals surface area contributed by atoms with Crippen LogP contribution >= 0.6 is 12.4 Å². The number of amides is 1. The summed E-state index contributed by atoms with van der Waals surface area (Å²) >= 11 is 0. The second-order valence-electron chi connectivity index (χ2n) is 5.41. The third-order valence-electron chi connectivity index (χ3n) is 4.11. The fourth-order valence-corrected chi connectivity index (χ4v) is 3.06. The van der Waals surface area contributed by atoms with Crippen molar-refractivity contribution >= 4 is 18.3 Å². The molecule has 1 heterocycles. The van der Waals surface area contributed by atoms with Crippen LogP contribution in [0.2, 0.25) is 0 Å². The van der Waals surface area contributed by atoms with Gasteiger partial charge in [-0.25, -0.2) is 0 Å². The second-order valence-corrected chi connectivity index (χ2v) is 5.41. The Kier molecular flexibility index (Phi) is 4.83. The molecule has 1 aliphatic heterocycles. The minimum Gasteiger partial charge on any atom is -0.352 e. The van der Waals surface area contributed by atoms with Crippen LogP contribution < -0.4 is 10.6 Å². The van der Waals surface area contributed by atoms with Gasteiger partial charge in [-0.3, -0.25) is 4.79 Å². The van der Waals surface area contributed by atoms with Crippen LogP contribution in [0.1, 0.15) is 24.0 Å². The summed E-state index contributed by atoms with van der Waals surface area (Å²) in [6, 6.07) is 8.81. The molecule has 0 unspecified atom stereocenters. The van der Waals surface area contributed by atoms with Crippen molar-refractivity contribution in [1.82, 2.24) is 10.6 Å². The van der Waals surface area contributed by atoms with E-state index in [1.54, 1.807) is 0 Å². The molecule has 0 bridgehead atoms. The molecule has 104 valence electrons. The third-order valence-corrected chi connectivity index (χ3v) is 4.11. The van der Waals surface area contributed by atoms with Gasteiger partial charge >= 0.3 is 0 Å². The van der Waals surface area contributed by atoms with Gasteiger partial charge in [0, 0.05) is 12.0 Å². The number of hydrogen-bond acceptors (Lipinski definition) is 2. The summed E-state index contributed by atoms with van der Waals surface area (Å²) in [7, 11) is 0. The Bertz CT molecular complexity index is 419. The number of benzene rings is 1. The van der Waals surface area contributed by atoms with Crippen molar-refractivity contribution < 1.29 is 4.79 Å². The van der Waals surface area contributed by atoms with Crippen LogP contribution in [0, 0.1) is 5.92 Å². The third kappa shape index (κ3) is 3.28. The summed E-state index contributed by atoms with van der Waals surface area (Å²) in [6.07, 6.45) is 3.94. The van der Waals surface area contributed by atoms with Crippen LogP contribution in [0.15, 0.2) is 24.3 Å². The summed E-state index contributed by atoms with van der Waals surface area (Å²) in [4.78, 5) is 12.2. The Hall–Kier alpha value is -1.06. The molecule has 0 spiro atoms. The number of rotatable bonds is 2. The molecule has 3 rings (SSSR count). The molecule has 4 heteroatoms. The average Bonchev–Trinajstić information content (AvgIpc) is 2.82. The first-order chi connectivity index (χ1) is 8.83. The van der Waals surface area contributed by atoms with Crippen molar-refractivity contribution in [3.8, 4) is 0 Å². The zero-order valence-electron chi connectivity index (χ0n) is 11.0. The molecular weight excluding hydrogens is 260 g/mol. The van der Waals surface area contributed by atoms with Gasteiger partial charge in [0.1, 0.15) is 0 Å². The Morgan fingerprint density at radius 1 is 1.11 bits per heavy atom. The quantitative estimate of drug-likeness (QED) is 0.866. The van der Waals surface area contributed by atoms with Crippen molar-refractivity contribution in [3.63, 3.8) is 0 Å². The molecule has 0 radical (unpaired) electrons. The normalized spacial score (nSPS) is 19.6. The minimum absolute atomic E-state index is 0. The molecule has 1 aliphatic carbocycles. The fourth-order valence-electron chi connectivity index (χ4n) is 3.06. The predicted octanol–water partition coefficient (Wildman–Crippen LogP) is 1.69. The van der Waals surface area contributed by atoms with E-state index < -0.39 is 0 Å². The topological polar surface area (TPSA) is 41.1 Å². The first kappa shape index (κ1) is 14.4. The lowest BCUT2D eigenvalue weighted by Crippen LogP contribution is -2.43. The van der Waals surface area contributed by atoms with Gasteiger partial charge in [0.25, 0.3) is 0 Å². The van der Waals surface area contributed by atoms with Crippen molar-refractivity contribution in [1.29, 1.82) is 0 Å². The summed E-state index contributed by atoms with van der Waals surface area (Å²) in [5.41, 5.74) is 2.79. The zero-order chi connectivity index (χ0) is 12.4. The number of hydrogen-bond donors (Lipinski definition) is 2. The SMILES string of the molecule is Cl.O=C(NC1Cc2ccccc2C1)C1CCNCC1. The van der Waals surface area contributed by atoms with Crippen molar-refractivity contribution in [3.05, 3.63) is 35.4 Å². The number of carbonyl (C=O) groups is 1. The highest BCUT2D eigenvalue weighted by Gasteiger charge is 2.26. The van der Waals surface area contributed by atoms with Gasteiger partial charge in [0.2, 0.25) is 5.91 Å². The van der Waals surface area contributed by atoms with Crippen LogP contribution in [-0.2, 0) is 17.6 Å². The molecule has 19 heavy (non-hydrogen) atoms. The molecule has 1 fully saturated rings. The van der Waals surface area contributed by atoms with Crippen molar-refractivity contribution in [2.24, 2.45) is 5.92 Å². The Morgan fingerprint density at radius 3 is 2.26 bits per heavy atom. The predicted molar refractivity (Wildman–Crippen MR) is 78.6 cm³/mol. The first-order valence-corrected chi connectivity index (χ1v) is 6.91. The maximum Gasteiger partial charge on any atom is 0.223 e. The molecule has 2 aliphatic rings. The maximum atomic E-state index is 12.2. The van der Waals surface area contributed by atoms with E-state index in [0.29, 0.717) is 6.04 Å². The van der Waals surface area contributed by atoms with Crippen LogP contribution in [0.3, 0.4) is 0 Å². The van der Waals surface area contributed by atoms with E-state index in [2.05, 4.69) is 34.9 Å². The van der Waals surface area contributed by atoms with Gasteiger partial charge in [-0.2, -0.15) is 0 Å². The minimum atomic E-state index is 0. The van der Waals surface area contributed by atoms with Crippen LogP contribution in [-0.4, -0.2) is 25.0 Å². The van der Waals surface area contributed by atoms with Crippen molar-refractivity contribution in [2.75, 3.05) is 13.1 Å². The van der Waals surface area contributed by atoms with E-state index in [4.69, 9.17) is 0 Å². The number of halogens is 1. The first-order valence-electron chi connectivity index (χ1n) is 6.91. The van der Waals surface area contributed by atoms with E-state index in [-0.39, 0.29) is 24.2 Å². The van der Waals surface area contributed by atoms with E-state index in [1.807, 2.05) is 0 Å². The number of piperidine rings is 1. The van der Waals surface area contributed by atoms with Crippen LogP contribution in [0.4, 0.5) is 0 Å². The standard InChI is InChI=1S/C15H20N2O.ClH/c18-15(11-5-7-16-8-6-11)17-14-9-12-3-1-2-4-13(12)10-14;/h1-4,11,14,16H,5-10H2,(H,17,18);1H. The monoisotopic (exact) mass is 280 g/mol. The average molecular weight is 281 g/mol. The van der Waals surface area contributed by atoms with Crippen molar-refractivity contribution in [2.45, 2.75) is 31.7 Å². The number of nitrogens with one attached hydrogen (secondary N) is 2. The number of fused-ring (bicyclic) bond motifs is 1. The van der Waals surface area contributed by atoms with Gasteiger partial charge in [-0.05, 0) is 49.9 Å². The van der Waals surface area contributed by atoms with Gasteiger partial charge in [0.15, 0.2) is 0 Å². The highest BCUT2D eigenvalue weighted by molar-refractivity contribution is 5.85. The molecule has 1 amide bonds. The maximum absolute atomic E-state index is 12.2. The highest BCUT2D eigenvalue weighted by Crippen LogP contribution is 2.22. The Labute approximate surface area is 120 Å². The summed E-state index contributed by atoms with van der Waals surface area (Å²) in [6.45, 7) is 1.95. The van der Waals surface area contributed by atoms with Crippen LogP contribution in [0.5, 0.6) is 0 Å². The summed E-state index contributed by atoms with van der Waals surface area (Å²) in [5.74, 6) is 0.476. The molecule has 1 saturated heterocycles. The lowest BCUT2D eigenvalue weighted by molar-refractivity contribution is -0.126. The smallest absolute Gasteiger partial charge is 0.223 e. The van der Waals surface area contributed by atoms with E-state index in [9.17, 15) is 4.79 Å². The second kappa shape index (κ2) is 6.40. The summed E-state index contributed by atoms with van der Waals surface area (Å²) < 4.78 is 0. The molecule has 1 aromatic carbocycles. The Morgan fingerprint density at radius 2 is 1.68 bits per heavy atom. The zero-order valence-corrected chi connectivity index (χ0v) is 11.8. The van der Waals surface area contributed by atoms with Crippen LogP contribution in [0.25, 0.3) is 0 Å². The molecule has 2 N–H and O–H groups in total. The van der Waals surface area contributed by atoms with Gasteiger partial charge in [-0.15, -0.1) is 12.4 Å². The lowest BCUT2D eigenvalue weighted by atomic mass is 9.97.